The van der Waals surface area contributed by atoms with Crippen LogP contribution < -0.4 is 5.32 Å². The van der Waals surface area contributed by atoms with Gasteiger partial charge in [-0.3, -0.25) is 4.90 Å². The molecule has 1 aromatic heterocycles. The highest BCUT2D eigenvalue weighted by molar-refractivity contribution is 5.05. The number of aromatic nitrogens is 2. The fraction of sp³-hybridized carbons (Fsp3) is 0.727. The Bertz CT molecular complexity index is 428. The highest BCUT2D eigenvalue weighted by Gasteiger charge is 2.47. The molecule has 3 heterocycles. The van der Waals surface area contributed by atoms with Gasteiger partial charge in [0.1, 0.15) is 12.4 Å². The lowest BCUT2D eigenvalue weighted by molar-refractivity contribution is -0.141. The molecule has 7 heteroatoms. The van der Waals surface area contributed by atoms with Crippen LogP contribution in [0.25, 0.3) is 0 Å². The van der Waals surface area contributed by atoms with Gasteiger partial charge in [0.15, 0.2) is 0 Å². The monoisotopic (exact) mass is 260 g/mol. The predicted octanol–water partition coefficient (Wildman–Crippen LogP) is 0.851. The average molecular weight is 260 g/mol. The summed E-state index contributed by atoms with van der Waals surface area (Å²) in [6.45, 7) is 3.52. The molecule has 0 atom stereocenters. The minimum absolute atomic E-state index is 0.390. The van der Waals surface area contributed by atoms with E-state index in [-0.39, 0.29) is 0 Å². The van der Waals surface area contributed by atoms with E-state index in [1.807, 2.05) is 0 Å². The molecule has 0 unspecified atom stereocenters. The highest BCUT2D eigenvalue weighted by atomic mass is 19.4. The van der Waals surface area contributed by atoms with Gasteiger partial charge in [-0.1, -0.05) is 0 Å². The molecule has 0 aliphatic carbocycles. The summed E-state index contributed by atoms with van der Waals surface area (Å²) in [6, 6.07) is 0. The third-order valence-corrected chi connectivity index (χ3v) is 3.63. The second-order valence-corrected chi connectivity index (χ2v) is 5.34. The molecule has 2 aliphatic rings. The van der Waals surface area contributed by atoms with E-state index in [2.05, 4.69) is 15.2 Å². The molecule has 0 aromatic carbocycles. The Morgan fingerprint density at radius 2 is 2.06 bits per heavy atom. The van der Waals surface area contributed by atoms with E-state index in [0.717, 1.165) is 26.2 Å². The topological polar surface area (TPSA) is 33.1 Å². The lowest BCUT2D eigenvalue weighted by Crippen LogP contribution is -2.70. The molecule has 0 saturated carbocycles. The number of imidazole rings is 1. The van der Waals surface area contributed by atoms with E-state index in [9.17, 15) is 13.2 Å². The second kappa shape index (κ2) is 3.96. The third kappa shape index (κ3) is 2.24. The number of hydrogen-bond acceptors (Lipinski definition) is 3. The van der Waals surface area contributed by atoms with Crippen molar-refractivity contribution in [1.29, 1.82) is 0 Å². The van der Waals surface area contributed by atoms with Crippen LogP contribution in [-0.2, 0) is 13.1 Å². The molecule has 100 valence electrons. The molecule has 2 fully saturated rings. The minimum Gasteiger partial charge on any atom is -0.325 e. The van der Waals surface area contributed by atoms with Gasteiger partial charge in [0.2, 0.25) is 0 Å². The zero-order valence-corrected chi connectivity index (χ0v) is 9.87. The predicted molar refractivity (Wildman–Crippen MR) is 58.9 cm³/mol. The van der Waals surface area contributed by atoms with E-state index in [1.165, 1.54) is 17.0 Å². The Kier molecular flexibility index (Phi) is 2.63. The molecule has 0 bridgehead atoms. The SMILES string of the molecule is FC(F)(F)Cn1ccnc1CN1CC2(CNC2)C1. The Balaban J connectivity index is 1.58. The summed E-state index contributed by atoms with van der Waals surface area (Å²) in [5.74, 6) is 0.495. The number of nitrogens with zero attached hydrogens (tertiary/aromatic N) is 3. The molecule has 2 saturated heterocycles. The molecule has 0 radical (unpaired) electrons. The zero-order chi connectivity index (χ0) is 12.8. The molecule has 3 rings (SSSR count). The van der Waals surface area contributed by atoms with Gasteiger partial charge >= 0.3 is 6.18 Å². The van der Waals surface area contributed by atoms with Gasteiger partial charge in [-0.15, -0.1) is 0 Å². The number of likely N-dealkylation sites (tertiary alicyclic amines) is 1. The average Bonchev–Trinajstić information content (AvgIpc) is 2.52. The van der Waals surface area contributed by atoms with Gasteiger partial charge in [0, 0.05) is 44.0 Å². The molecule has 1 aromatic rings. The van der Waals surface area contributed by atoms with Gasteiger partial charge < -0.3 is 9.88 Å². The molecule has 4 nitrogen and oxygen atoms in total. The quantitative estimate of drug-likeness (QED) is 0.874. The first kappa shape index (κ1) is 12.0. The summed E-state index contributed by atoms with van der Waals surface area (Å²) < 4.78 is 38.2. The first-order chi connectivity index (χ1) is 8.46. The summed E-state index contributed by atoms with van der Waals surface area (Å²) in [6.07, 6.45) is -1.37. The molecule has 1 N–H and O–H groups in total. The third-order valence-electron chi connectivity index (χ3n) is 3.63. The lowest BCUT2D eigenvalue weighted by atomic mass is 9.74. The first-order valence-electron chi connectivity index (χ1n) is 5.96. The van der Waals surface area contributed by atoms with E-state index in [1.54, 1.807) is 0 Å². The Morgan fingerprint density at radius 1 is 1.33 bits per heavy atom. The van der Waals surface area contributed by atoms with Gasteiger partial charge in [0.05, 0.1) is 6.54 Å². The standard InChI is InChI=1S/C11H15F3N4/c12-11(13,14)8-18-2-1-16-9(18)3-17-6-10(7-17)4-15-5-10/h1-2,15H,3-8H2. The van der Waals surface area contributed by atoms with Crippen LogP contribution in [0, 0.1) is 5.41 Å². The summed E-state index contributed by atoms with van der Waals surface area (Å²) in [4.78, 5) is 6.17. The van der Waals surface area contributed by atoms with E-state index < -0.39 is 12.7 Å². The maximum absolute atomic E-state index is 12.3. The number of rotatable bonds is 3. The minimum atomic E-state index is -4.19. The Morgan fingerprint density at radius 3 is 2.61 bits per heavy atom. The molecule has 2 aliphatic heterocycles. The van der Waals surface area contributed by atoms with Crippen molar-refractivity contribution < 1.29 is 13.2 Å². The summed E-state index contributed by atoms with van der Waals surface area (Å²) >= 11 is 0. The smallest absolute Gasteiger partial charge is 0.325 e. The van der Waals surface area contributed by atoms with Crippen LogP contribution in [0.4, 0.5) is 13.2 Å². The maximum atomic E-state index is 12.3. The van der Waals surface area contributed by atoms with E-state index >= 15 is 0 Å². The number of alkyl halides is 3. The van der Waals surface area contributed by atoms with E-state index in [4.69, 9.17) is 0 Å². The lowest BCUT2D eigenvalue weighted by Gasteiger charge is -2.56. The fourth-order valence-corrected chi connectivity index (χ4v) is 2.75. The molecule has 0 amide bonds. The van der Waals surface area contributed by atoms with Gasteiger partial charge in [-0.05, 0) is 0 Å². The summed E-state index contributed by atoms with van der Waals surface area (Å²) in [5, 5.41) is 3.23. The number of hydrogen-bond donors (Lipinski definition) is 1. The van der Waals surface area contributed by atoms with Gasteiger partial charge in [0.25, 0.3) is 0 Å². The van der Waals surface area contributed by atoms with Gasteiger partial charge in [-0.25, -0.2) is 4.98 Å². The summed E-state index contributed by atoms with van der Waals surface area (Å²) in [7, 11) is 0. The van der Waals surface area contributed by atoms with Crippen molar-refractivity contribution in [3.05, 3.63) is 18.2 Å². The molecular formula is C11H15F3N4. The van der Waals surface area contributed by atoms with Crippen LogP contribution in [0.5, 0.6) is 0 Å². The second-order valence-electron chi connectivity index (χ2n) is 5.34. The van der Waals surface area contributed by atoms with Crippen molar-refractivity contribution in [2.24, 2.45) is 5.41 Å². The largest absolute Gasteiger partial charge is 0.406 e. The van der Waals surface area contributed by atoms with Crippen LogP contribution >= 0.6 is 0 Å². The van der Waals surface area contributed by atoms with Crippen molar-refractivity contribution in [3.63, 3.8) is 0 Å². The van der Waals surface area contributed by atoms with Crippen molar-refractivity contribution >= 4 is 0 Å². The van der Waals surface area contributed by atoms with Crippen molar-refractivity contribution in [1.82, 2.24) is 19.8 Å². The summed E-state index contributed by atoms with van der Waals surface area (Å²) in [5.41, 5.74) is 0.390. The van der Waals surface area contributed by atoms with Crippen LogP contribution in [0.2, 0.25) is 0 Å². The molecule has 18 heavy (non-hydrogen) atoms. The van der Waals surface area contributed by atoms with E-state index in [0.29, 0.717) is 17.8 Å². The van der Waals surface area contributed by atoms with Crippen LogP contribution in [0.1, 0.15) is 5.82 Å². The molecule has 1 spiro atoms. The number of nitrogens with one attached hydrogen (secondary N) is 1. The number of halogens is 3. The zero-order valence-electron chi connectivity index (χ0n) is 9.87. The van der Waals surface area contributed by atoms with Crippen molar-refractivity contribution in [2.45, 2.75) is 19.3 Å². The Labute approximate surface area is 103 Å². The van der Waals surface area contributed by atoms with Crippen LogP contribution in [0.15, 0.2) is 12.4 Å². The maximum Gasteiger partial charge on any atom is 0.406 e. The normalized spacial score (nSPS) is 22.8. The first-order valence-corrected chi connectivity index (χ1v) is 5.96. The highest BCUT2D eigenvalue weighted by Crippen LogP contribution is 2.34. The van der Waals surface area contributed by atoms with Crippen LogP contribution in [-0.4, -0.2) is 46.8 Å². The van der Waals surface area contributed by atoms with Crippen LogP contribution in [0.3, 0.4) is 0 Å². The molecular weight excluding hydrogens is 245 g/mol. The van der Waals surface area contributed by atoms with Crippen molar-refractivity contribution in [3.8, 4) is 0 Å². The Hall–Kier alpha value is -1.08. The van der Waals surface area contributed by atoms with Crippen molar-refractivity contribution in [2.75, 3.05) is 26.2 Å². The fourth-order valence-electron chi connectivity index (χ4n) is 2.75. The van der Waals surface area contributed by atoms with Gasteiger partial charge in [-0.2, -0.15) is 13.2 Å².